The Morgan fingerprint density at radius 1 is 0.857 bits per heavy atom. The van der Waals surface area contributed by atoms with Crippen molar-refractivity contribution in [3.8, 4) is 0 Å². The Bertz CT molecular complexity index is 1540. The number of nitrogens with zero attached hydrogens (tertiary/aromatic N) is 5. The van der Waals surface area contributed by atoms with Gasteiger partial charge >= 0.3 is 0 Å². The monoisotopic (exact) mass is 680 g/mol. The molecule has 258 valence electrons. The number of likely N-dealkylation sites (tertiary alicyclic amines) is 1. The zero-order chi connectivity index (χ0) is 33.9. The molecule has 9 heteroatoms. The maximum atomic E-state index is 14.3. The lowest BCUT2D eigenvalue weighted by Crippen LogP contribution is -2.54. The molecule has 1 saturated carbocycles. The van der Waals surface area contributed by atoms with E-state index in [-0.39, 0.29) is 17.2 Å². The first kappa shape index (κ1) is 34.8. The Kier molecular flexibility index (Phi) is 12.1. The first-order valence-corrected chi connectivity index (χ1v) is 18.3. The van der Waals surface area contributed by atoms with Crippen LogP contribution in [0, 0.1) is 11.3 Å². The van der Waals surface area contributed by atoms with E-state index in [4.69, 9.17) is 11.6 Å². The highest BCUT2D eigenvalue weighted by Gasteiger charge is 2.43. The summed E-state index contributed by atoms with van der Waals surface area (Å²) in [5.41, 5.74) is 3.47. The van der Waals surface area contributed by atoms with E-state index in [1.54, 1.807) is 6.33 Å². The zero-order valence-corrected chi connectivity index (χ0v) is 29.2. The number of aromatic nitrogens is 3. The number of carbonyl (C=O) groups is 2. The van der Waals surface area contributed by atoms with E-state index in [2.05, 4.69) is 44.6 Å². The average Bonchev–Trinajstić information content (AvgIpc) is 3.65. The molecule has 0 radical (unpaired) electrons. The minimum atomic E-state index is -0.650. The summed E-state index contributed by atoms with van der Waals surface area (Å²) in [4.78, 5) is 36.4. The van der Waals surface area contributed by atoms with Gasteiger partial charge in [-0.25, -0.2) is 4.98 Å². The van der Waals surface area contributed by atoms with Crippen LogP contribution in [0.3, 0.4) is 0 Å². The second kappa shape index (κ2) is 17.1. The van der Waals surface area contributed by atoms with E-state index in [1.165, 1.54) is 43.2 Å². The number of hydrogen-bond acceptors (Lipinski definition) is 5. The number of halogens is 1. The molecule has 3 aromatic carbocycles. The number of hydrogen-bond donors (Lipinski definition) is 1. The van der Waals surface area contributed by atoms with Crippen molar-refractivity contribution in [2.75, 3.05) is 19.6 Å². The lowest BCUT2D eigenvalue weighted by Gasteiger charge is -2.48. The molecule has 2 fully saturated rings. The third-order valence-corrected chi connectivity index (χ3v) is 10.9. The van der Waals surface area contributed by atoms with Gasteiger partial charge in [-0.05, 0) is 65.8 Å². The fraction of sp³-hybridized carbons (Fsp3) is 0.450. The lowest BCUT2D eigenvalue weighted by molar-refractivity contribution is -0.139. The largest absolute Gasteiger partial charge is 0.344 e. The van der Waals surface area contributed by atoms with Crippen LogP contribution in [0.5, 0.6) is 0 Å². The van der Waals surface area contributed by atoms with Gasteiger partial charge < -0.3 is 10.2 Å². The smallest absolute Gasteiger partial charge is 0.245 e. The van der Waals surface area contributed by atoms with Gasteiger partial charge in [-0.3, -0.25) is 19.2 Å². The number of nitrogens with one attached hydrogen (secondary N) is 1. The number of carbonyl (C=O) groups excluding carboxylic acids is 2. The first-order chi connectivity index (χ1) is 24.0. The summed E-state index contributed by atoms with van der Waals surface area (Å²) in [6, 6.07) is 27.6. The van der Waals surface area contributed by atoms with Crippen LogP contribution in [0.1, 0.15) is 68.1 Å². The van der Waals surface area contributed by atoms with Crippen molar-refractivity contribution >= 4 is 23.4 Å². The molecular weight excluding hydrogens is 632 g/mol. The topological polar surface area (TPSA) is 83.4 Å². The molecule has 0 bridgehead atoms. The van der Waals surface area contributed by atoms with Crippen LogP contribution in [0.2, 0.25) is 5.02 Å². The van der Waals surface area contributed by atoms with Crippen LogP contribution in [0.15, 0.2) is 97.6 Å². The highest BCUT2D eigenvalue weighted by molar-refractivity contribution is 6.30. The zero-order valence-electron chi connectivity index (χ0n) is 28.4. The van der Waals surface area contributed by atoms with E-state index in [0.29, 0.717) is 43.4 Å². The molecule has 8 nitrogen and oxygen atoms in total. The summed E-state index contributed by atoms with van der Waals surface area (Å²) in [5, 5.41) is 8.28. The molecule has 1 aliphatic heterocycles. The van der Waals surface area contributed by atoms with Crippen molar-refractivity contribution in [1.82, 2.24) is 29.9 Å². The predicted molar refractivity (Wildman–Crippen MR) is 194 cm³/mol. The SMILES string of the molecule is O=C(CCN(Cc1ccccc1)Cc1ccccc1)NC(Cc1ccc(Cl)cc1)C(=O)N1CCC(Cn2cncn2)(C2CCCCC2)CC1. The molecule has 1 atom stereocenters. The van der Waals surface area contributed by atoms with Gasteiger partial charge in [-0.2, -0.15) is 5.10 Å². The standard InChI is InChI=1S/C40H49ClN6O2/c41-36-18-16-32(17-19-36)26-37(44-38(48)20-23-45(27-33-10-4-1-5-11-33)28-34-12-6-2-7-13-34)39(49)46-24-21-40(22-25-46,29-47-31-42-30-43-47)35-14-8-3-9-15-35/h1-2,4-7,10-13,16-19,30-31,35,37H,3,8-9,14-15,20-29H2,(H,44,48). The number of benzene rings is 3. The van der Waals surface area contributed by atoms with Crippen LogP contribution in [-0.4, -0.2) is 62.1 Å². The highest BCUT2D eigenvalue weighted by atomic mass is 35.5. The predicted octanol–water partition coefficient (Wildman–Crippen LogP) is 6.94. The molecule has 1 aliphatic carbocycles. The van der Waals surface area contributed by atoms with Crippen LogP contribution < -0.4 is 5.32 Å². The van der Waals surface area contributed by atoms with Crippen molar-refractivity contribution in [3.63, 3.8) is 0 Å². The molecule has 0 spiro atoms. The summed E-state index contributed by atoms with van der Waals surface area (Å²) < 4.78 is 1.98. The Morgan fingerprint density at radius 2 is 1.49 bits per heavy atom. The summed E-state index contributed by atoms with van der Waals surface area (Å²) in [6.07, 6.45) is 12.3. The molecule has 1 N–H and O–H groups in total. The summed E-state index contributed by atoms with van der Waals surface area (Å²) in [7, 11) is 0. The molecule has 4 aromatic rings. The van der Waals surface area contributed by atoms with Crippen LogP contribution in [0.4, 0.5) is 0 Å². The second-order valence-electron chi connectivity index (χ2n) is 14.0. The Morgan fingerprint density at radius 3 is 2.08 bits per heavy atom. The van der Waals surface area contributed by atoms with Crippen molar-refractivity contribution in [3.05, 3.63) is 119 Å². The van der Waals surface area contributed by atoms with Gasteiger partial charge in [-0.1, -0.05) is 104 Å². The van der Waals surface area contributed by atoms with E-state index < -0.39 is 6.04 Å². The Balaban J connectivity index is 1.13. The van der Waals surface area contributed by atoms with Crippen molar-refractivity contribution in [2.45, 2.75) is 83.5 Å². The maximum absolute atomic E-state index is 14.3. The lowest BCUT2D eigenvalue weighted by atomic mass is 9.63. The molecule has 6 rings (SSSR count). The molecule has 1 saturated heterocycles. The van der Waals surface area contributed by atoms with Gasteiger partial charge in [0.15, 0.2) is 0 Å². The van der Waals surface area contributed by atoms with Crippen LogP contribution >= 0.6 is 11.6 Å². The van der Waals surface area contributed by atoms with Crippen molar-refractivity contribution in [1.29, 1.82) is 0 Å². The van der Waals surface area contributed by atoms with E-state index in [9.17, 15) is 9.59 Å². The summed E-state index contributed by atoms with van der Waals surface area (Å²) in [6.45, 7) is 4.25. The Labute approximate surface area is 295 Å². The molecule has 2 amide bonds. The molecule has 1 aromatic heterocycles. The number of rotatable bonds is 14. The summed E-state index contributed by atoms with van der Waals surface area (Å²) >= 11 is 6.19. The molecular formula is C40H49ClN6O2. The van der Waals surface area contributed by atoms with Gasteiger partial charge in [-0.15, -0.1) is 0 Å². The second-order valence-corrected chi connectivity index (χ2v) is 14.4. The highest BCUT2D eigenvalue weighted by Crippen LogP contribution is 2.47. The van der Waals surface area contributed by atoms with E-state index >= 15 is 0 Å². The van der Waals surface area contributed by atoms with Crippen LogP contribution in [-0.2, 0) is 35.6 Å². The van der Waals surface area contributed by atoms with Crippen molar-refractivity contribution < 1.29 is 9.59 Å². The number of amides is 2. The van der Waals surface area contributed by atoms with Crippen molar-refractivity contribution in [2.24, 2.45) is 11.3 Å². The minimum absolute atomic E-state index is 0.00766. The summed E-state index contributed by atoms with van der Waals surface area (Å²) in [5.74, 6) is 0.506. The maximum Gasteiger partial charge on any atom is 0.245 e. The van der Waals surface area contributed by atoms with E-state index in [1.807, 2.05) is 76.6 Å². The van der Waals surface area contributed by atoms with Gasteiger partial charge in [0.25, 0.3) is 0 Å². The van der Waals surface area contributed by atoms with Gasteiger partial charge in [0.1, 0.15) is 18.7 Å². The Hall–Kier alpha value is -4.01. The third kappa shape index (κ3) is 9.79. The van der Waals surface area contributed by atoms with E-state index in [0.717, 1.165) is 38.0 Å². The number of piperidine rings is 1. The van der Waals surface area contributed by atoms with Crippen LogP contribution in [0.25, 0.3) is 0 Å². The normalized spacial score (nSPS) is 17.1. The fourth-order valence-corrected chi connectivity index (χ4v) is 8.05. The van der Waals surface area contributed by atoms with Gasteiger partial charge in [0.05, 0.1) is 0 Å². The van der Waals surface area contributed by atoms with Gasteiger partial charge in [0.2, 0.25) is 11.8 Å². The quantitative estimate of drug-likeness (QED) is 0.156. The fourth-order valence-electron chi connectivity index (χ4n) is 7.92. The van der Waals surface area contributed by atoms with Gasteiger partial charge in [0, 0.05) is 57.1 Å². The molecule has 49 heavy (non-hydrogen) atoms. The molecule has 1 unspecified atom stereocenters. The first-order valence-electron chi connectivity index (χ1n) is 17.9. The minimum Gasteiger partial charge on any atom is -0.344 e. The third-order valence-electron chi connectivity index (χ3n) is 10.6. The average molecular weight is 681 g/mol. The molecule has 2 aliphatic rings. The molecule has 2 heterocycles.